The van der Waals surface area contributed by atoms with Crippen LogP contribution >= 0.6 is 0 Å². The molecule has 0 spiro atoms. The maximum Gasteiger partial charge on any atom is 0.503 e. The number of aromatic nitrogens is 2. The lowest BCUT2D eigenvalue weighted by Crippen LogP contribution is -2.30. The molecule has 10 aromatic rings. The quantitative estimate of drug-likeness (QED) is 0.166. The van der Waals surface area contributed by atoms with E-state index in [1.54, 1.807) is 0 Å². The van der Waals surface area contributed by atoms with Gasteiger partial charge >= 0.3 is 11.7 Å². The standard InChI is InChI=1S/C65H56N4O/c1-63(2,3)46-35-47-37-49(36-46)68-42-67(58-30-18-28-56(62(58)68)61-52(43-19-10-8-11-20-43)26-17-27-53(61)44-21-12-9-13-22-44)48-23-16-24-50(39-48)70-51-31-32-55-54-25-14-15-29-57(54)69(59(55)40-51)60-38-45(33-34-66-60)64(4,5)41-65(47,6)7/h8-40H,41H2,1-7H3/q+2. The first-order valence-electron chi connectivity index (χ1n) is 24.5. The molecule has 340 valence electrons. The van der Waals surface area contributed by atoms with Gasteiger partial charge in [-0.05, 0) is 113 Å². The zero-order valence-corrected chi connectivity index (χ0v) is 41.0. The molecule has 10 bridgehead atoms. The van der Waals surface area contributed by atoms with E-state index < -0.39 is 0 Å². The molecule has 4 heterocycles. The van der Waals surface area contributed by atoms with Crippen LogP contribution in [0.15, 0.2) is 200 Å². The van der Waals surface area contributed by atoms with Crippen molar-refractivity contribution >= 4 is 50.6 Å². The number of para-hydroxylation sites is 2. The predicted molar refractivity (Wildman–Crippen MR) is 292 cm³/mol. The summed E-state index contributed by atoms with van der Waals surface area (Å²) in [6.07, 6.45) is 2.87. The van der Waals surface area contributed by atoms with Gasteiger partial charge in [-0.2, -0.15) is 0 Å². The maximum absolute atomic E-state index is 6.87. The van der Waals surface area contributed by atoms with E-state index in [-0.39, 0.29) is 16.2 Å². The summed E-state index contributed by atoms with van der Waals surface area (Å²) in [7, 11) is 0. The second-order valence-electron chi connectivity index (χ2n) is 21.4. The number of benzene rings is 8. The average molecular weight is 909 g/mol. The van der Waals surface area contributed by atoms with Crippen molar-refractivity contribution in [1.29, 1.82) is 0 Å². The maximum atomic E-state index is 6.87. The van der Waals surface area contributed by atoms with Crippen LogP contribution in [0.25, 0.3) is 61.0 Å². The first kappa shape index (κ1) is 43.2. The highest BCUT2D eigenvalue weighted by Crippen LogP contribution is 2.50. The Bertz CT molecular complexity index is 3730. The van der Waals surface area contributed by atoms with Crippen LogP contribution < -0.4 is 13.9 Å². The molecular formula is C65H56N4O+2. The summed E-state index contributed by atoms with van der Waals surface area (Å²) in [5, 5.41) is 2.33. The van der Waals surface area contributed by atoms with E-state index in [0.29, 0.717) is 0 Å². The van der Waals surface area contributed by atoms with Crippen LogP contribution in [-0.2, 0) is 16.2 Å². The molecule has 5 heteroatoms. The van der Waals surface area contributed by atoms with Gasteiger partial charge in [-0.3, -0.25) is 4.57 Å². The Balaban J connectivity index is 1.15. The minimum Gasteiger partial charge on any atom is -0.457 e. The van der Waals surface area contributed by atoms with Gasteiger partial charge in [-0.25, -0.2) is 4.98 Å². The summed E-state index contributed by atoms with van der Waals surface area (Å²) in [6.45, 7) is 16.6. The number of hydrogen-bond acceptors (Lipinski definition) is 2. The van der Waals surface area contributed by atoms with Crippen molar-refractivity contribution in [1.82, 2.24) is 18.7 Å². The molecule has 70 heavy (non-hydrogen) atoms. The Kier molecular flexibility index (Phi) is 10.0. The summed E-state index contributed by atoms with van der Waals surface area (Å²) < 4.78 is 13.7. The van der Waals surface area contributed by atoms with Gasteiger partial charge in [-0.15, -0.1) is 0 Å². The smallest absolute Gasteiger partial charge is 0.457 e. The molecule has 2 aliphatic rings. The summed E-state index contributed by atoms with van der Waals surface area (Å²) >= 11 is 0. The topological polar surface area (TPSA) is 33.1 Å². The van der Waals surface area contributed by atoms with Gasteiger partial charge in [0.15, 0.2) is 0 Å². The van der Waals surface area contributed by atoms with Crippen molar-refractivity contribution < 1.29 is 4.74 Å². The molecule has 0 atom stereocenters. The zero-order valence-electron chi connectivity index (χ0n) is 41.0. The molecular weight excluding hydrogens is 853 g/mol. The van der Waals surface area contributed by atoms with Crippen LogP contribution in [0.2, 0.25) is 0 Å². The van der Waals surface area contributed by atoms with Gasteiger partial charge in [-0.1, -0.05) is 164 Å². The third-order valence-corrected chi connectivity index (χ3v) is 14.6. The van der Waals surface area contributed by atoms with Gasteiger partial charge < -0.3 is 4.74 Å². The minimum absolute atomic E-state index is 0.140. The normalized spacial score (nSPS) is 14.7. The lowest BCUT2D eigenvalue weighted by molar-refractivity contribution is 0.348. The summed E-state index contributed by atoms with van der Waals surface area (Å²) in [6, 6.07) is 74.3. The third kappa shape index (κ3) is 7.37. The summed E-state index contributed by atoms with van der Waals surface area (Å²) in [4.78, 5) is 5.07. The van der Waals surface area contributed by atoms with Gasteiger partial charge in [0.25, 0.3) is 5.69 Å². The SMILES string of the molecule is CC(C)(C)c1cc2cc(c1)C(C)(C)CC(C)(C)c1ccnc(c1)-n1c3ccccc3c3ccc(cc31)Oc1cccc(c1)[N+]1=C=[N+]2c2c(-c3c(-c4ccccc4)cccc3-c3ccccc3)cccc21. The van der Waals surface area contributed by atoms with Crippen molar-refractivity contribution in [3.63, 3.8) is 0 Å². The molecule has 12 rings (SSSR count). The molecule has 0 aliphatic carbocycles. The molecule has 0 amide bonds. The summed E-state index contributed by atoms with van der Waals surface area (Å²) in [5.74, 6) is 2.37. The van der Waals surface area contributed by atoms with Crippen LogP contribution in [0, 0.1) is 0 Å². The largest absolute Gasteiger partial charge is 0.503 e. The number of fused-ring (bicyclic) bond motifs is 16. The molecule has 8 aromatic carbocycles. The van der Waals surface area contributed by atoms with E-state index in [4.69, 9.17) is 9.72 Å². The van der Waals surface area contributed by atoms with Crippen LogP contribution in [0.5, 0.6) is 11.5 Å². The molecule has 0 saturated heterocycles. The van der Waals surface area contributed by atoms with Crippen LogP contribution in [0.4, 0.5) is 22.7 Å². The fourth-order valence-electron chi connectivity index (χ4n) is 11.2. The van der Waals surface area contributed by atoms with Crippen LogP contribution in [0.1, 0.15) is 71.6 Å². The fraction of sp³-hybridized carbons (Fsp3) is 0.169. The number of rotatable bonds is 3. The third-order valence-electron chi connectivity index (χ3n) is 14.6. The lowest BCUT2D eigenvalue weighted by atomic mass is 9.68. The molecule has 2 aromatic heterocycles. The van der Waals surface area contributed by atoms with Crippen LogP contribution in [0.3, 0.4) is 0 Å². The number of nitrogens with zero attached hydrogens (tertiary/aromatic N) is 4. The van der Waals surface area contributed by atoms with Crippen molar-refractivity contribution in [2.24, 2.45) is 0 Å². The number of pyridine rings is 1. The second kappa shape index (κ2) is 16.3. The Labute approximate surface area is 411 Å². The van der Waals surface area contributed by atoms with E-state index in [1.807, 2.05) is 12.3 Å². The highest BCUT2D eigenvalue weighted by atomic mass is 16.5. The van der Waals surface area contributed by atoms with Gasteiger partial charge in [0.2, 0.25) is 11.4 Å². The minimum atomic E-state index is -0.251. The lowest BCUT2D eigenvalue weighted by Gasteiger charge is -2.36. The molecule has 0 radical (unpaired) electrons. The Morgan fingerprint density at radius 1 is 0.529 bits per heavy atom. The highest BCUT2D eigenvalue weighted by Gasteiger charge is 2.42. The Morgan fingerprint density at radius 2 is 1.17 bits per heavy atom. The van der Waals surface area contributed by atoms with E-state index in [1.165, 1.54) is 38.8 Å². The number of ether oxygens (including phenoxy) is 1. The number of hydrogen-bond donors (Lipinski definition) is 0. The first-order valence-corrected chi connectivity index (χ1v) is 24.5. The Hall–Kier alpha value is -8.11. The molecule has 5 nitrogen and oxygen atoms in total. The first-order chi connectivity index (χ1) is 33.8. The van der Waals surface area contributed by atoms with Crippen molar-refractivity contribution in [3.8, 4) is 50.7 Å². The monoisotopic (exact) mass is 908 g/mol. The van der Waals surface area contributed by atoms with Crippen LogP contribution in [-0.4, -0.2) is 15.6 Å². The highest BCUT2D eigenvalue weighted by molar-refractivity contribution is 6.09. The molecule has 0 saturated carbocycles. The van der Waals surface area contributed by atoms with E-state index in [2.05, 4.69) is 256 Å². The predicted octanol–water partition coefficient (Wildman–Crippen LogP) is 17.1. The second-order valence-corrected chi connectivity index (χ2v) is 21.4. The molecule has 0 N–H and O–H groups in total. The van der Waals surface area contributed by atoms with Crippen molar-refractivity contribution in [2.75, 3.05) is 0 Å². The van der Waals surface area contributed by atoms with Gasteiger partial charge in [0.05, 0.1) is 22.7 Å². The van der Waals surface area contributed by atoms with Crippen molar-refractivity contribution in [2.45, 2.75) is 71.1 Å². The van der Waals surface area contributed by atoms with E-state index in [9.17, 15) is 0 Å². The molecule has 0 fully saturated rings. The van der Waals surface area contributed by atoms with Gasteiger partial charge in [0, 0.05) is 52.9 Å². The van der Waals surface area contributed by atoms with E-state index in [0.717, 1.165) is 79.6 Å². The fourth-order valence-corrected chi connectivity index (χ4v) is 11.2. The summed E-state index contributed by atoms with van der Waals surface area (Å²) in [5.41, 5.74) is 16.4. The van der Waals surface area contributed by atoms with E-state index >= 15 is 0 Å². The van der Waals surface area contributed by atoms with Gasteiger partial charge in [0.1, 0.15) is 17.3 Å². The van der Waals surface area contributed by atoms with Crippen molar-refractivity contribution in [3.05, 3.63) is 217 Å². The zero-order chi connectivity index (χ0) is 47.9. The average Bonchev–Trinajstić information content (AvgIpc) is 3.92. The molecule has 2 aliphatic heterocycles. The molecule has 0 unspecified atom stereocenters. The Morgan fingerprint density at radius 3 is 1.91 bits per heavy atom.